The summed E-state index contributed by atoms with van der Waals surface area (Å²) in [5, 5.41) is 14.9. The molecule has 0 aliphatic carbocycles. The van der Waals surface area contributed by atoms with E-state index in [4.69, 9.17) is 11.6 Å². The lowest BCUT2D eigenvalue weighted by Gasteiger charge is -2.32. The number of likely N-dealkylation sites (tertiary alicyclic amines) is 1. The molecule has 1 aromatic heterocycles. The minimum absolute atomic E-state index is 0.0608. The third kappa shape index (κ3) is 4.44. The largest absolute Gasteiger partial charge is 0.390 e. The number of carbonyl (C=O) groups is 1. The van der Waals surface area contributed by atoms with Gasteiger partial charge in [0.05, 0.1) is 12.6 Å². The molecule has 0 radical (unpaired) electrons. The van der Waals surface area contributed by atoms with Gasteiger partial charge in [-0.25, -0.2) is 0 Å². The maximum Gasteiger partial charge on any atom is 0.166 e. The summed E-state index contributed by atoms with van der Waals surface area (Å²) < 4.78 is 1.74. The van der Waals surface area contributed by atoms with Gasteiger partial charge in [-0.2, -0.15) is 5.10 Å². The number of carbonyl (C=O) groups excluding carboxylic acids is 1. The Morgan fingerprint density at radius 3 is 2.58 bits per heavy atom. The molecule has 5 nitrogen and oxygen atoms in total. The van der Waals surface area contributed by atoms with E-state index in [1.807, 2.05) is 12.3 Å². The molecule has 0 saturated carbocycles. The Balaban J connectivity index is 1.46. The van der Waals surface area contributed by atoms with Crippen molar-refractivity contribution in [3.05, 3.63) is 53.3 Å². The monoisotopic (exact) mass is 347 g/mol. The summed E-state index contributed by atoms with van der Waals surface area (Å²) >= 11 is 5.87. The van der Waals surface area contributed by atoms with Crippen LogP contribution in [-0.2, 0) is 6.54 Å². The predicted molar refractivity (Wildman–Crippen MR) is 93.2 cm³/mol. The zero-order valence-electron chi connectivity index (χ0n) is 13.5. The molecule has 0 unspecified atom stereocenters. The molecule has 1 aliphatic rings. The first-order chi connectivity index (χ1) is 11.6. The van der Waals surface area contributed by atoms with Crippen molar-refractivity contribution in [2.24, 2.45) is 5.92 Å². The minimum atomic E-state index is -0.451. The first-order valence-corrected chi connectivity index (χ1v) is 8.67. The van der Waals surface area contributed by atoms with Crippen molar-refractivity contribution in [2.75, 3.05) is 19.6 Å². The van der Waals surface area contributed by atoms with E-state index in [9.17, 15) is 9.90 Å². The van der Waals surface area contributed by atoms with Crippen LogP contribution in [0.2, 0.25) is 5.02 Å². The summed E-state index contributed by atoms with van der Waals surface area (Å²) in [6, 6.07) is 8.96. The molecule has 2 heterocycles. The molecule has 2 aromatic rings. The van der Waals surface area contributed by atoms with Gasteiger partial charge in [0.2, 0.25) is 0 Å². The van der Waals surface area contributed by atoms with Crippen LogP contribution in [-0.4, -0.2) is 51.3 Å². The summed E-state index contributed by atoms with van der Waals surface area (Å²) in [6.07, 6.45) is 4.76. The van der Waals surface area contributed by atoms with Crippen molar-refractivity contribution in [1.29, 1.82) is 0 Å². The van der Waals surface area contributed by atoms with Crippen LogP contribution in [0, 0.1) is 5.92 Å². The van der Waals surface area contributed by atoms with Gasteiger partial charge in [0.15, 0.2) is 5.78 Å². The maximum atomic E-state index is 12.5. The Morgan fingerprint density at radius 2 is 1.96 bits per heavy atom. The summed E-state index contributed by atoms with van der Waals surface area (Å²) in [7, 11) is 0. The number of Topliss-reactive ketones (excluding diaryl/α,β-unsaturated/α-hetero) is 1. The Kier molecular flexibility index (Phi) is 5.66. The molecule has 1 fully saturated rings. The Hall–Kier alpha value is -1.69. The second-order valence-corrected chi connectivity index (χ2v) is 6.76. The fourth-order valence-corrected chi connectivity index (χ4v) is 3.33. The highest BCUT2D eigenvalue weighted by atomic mass is 35.5. The summed E-state index contributed by atoms with van der Waals surface area (Å²) in [5.74, 6) is 0.258. The molecular formula is C18H22ClN3O2. The molecule has 3 rings (SSSR count). The van der Waals surface area contributed by atoms with Crippen LogP contribution < -0.4 is 0 Å². The highest BCUT2D eigenvalue weighted by Gasteiger charge is 2.26. The Morgan fingerprint density at radius 1 is 1.25 bits per heavy atom. The first-order valence-electron chi connectivity index (χ1n) is 8.29. The first kappa shape index (κ1) is 17.1. The molecule has 0 bridgehead atoms. The number of ketones is 1. The maximum absolute atomic E-state index is 12.5. The number of aliphatic hydroxyl groups is 1. The van der Waals surface area contributed by atoms with E-state index in [0.29, 0.717) is 18.1 Å². The van der Waals surface area contributed by atoms with Crippen molar-refractivity contribution in [1.82, 2.24) is 14.7 Å². The molecule has 1 aromatic carbocycles. The zero-order chi connectivity index (χ0) is 16.9. The summed E-state index contributed by atoms with van der Waals surface area (Å²) in [5.41, 5.74) is 0.733. The van der Waals surface area contributed by atoms with Crippen LogP contribution in [0.1, 0.15) is 23.2 Å². The number of halogens is 1. The quantitative estimate of drug-likeness (QED) is 0.816. The molecule has 0 amide bonds. The van der Waals surface area contributed by atoms with E-state index in [-0.39, 0.29) is 11.7 Å². The zero-order valence-corrected chi connectivity index (χ0v) is 14.3. The molecule has 128 valence electrons. The average Bonchev–Trinajstić information content (AvgIpc) is 3.08. The number of nitrogens with zero attached hydrogens (tertiary/aromatic N) is 3. The predicted octanol–water partition coefficient (Wildman–Crippen LogP) is 2.49. The van der Waals surface area contributed by atoms with E-state index in [1.54, 1.807) is 35.1 Å². The van der Waals surface area contributed by atoms with Gasteiger partial charge in [-0.1, -0.05) is 11.6 Å². The van der Waals surface area contributed by atoms with Crippen LogP contribution in [0.4, 0.5) is 0 Å². The van der Waals surface area contributed by atoms with E-state index in [2.05, 4.69) is 10.00 Å². The van der Waals surface area contributed by atoms with E-state index in [1.165, 1.54) is 0 Å². The third-order valence-corrected chi connectivity index (χ3v) is 4.77. The fourth-order valence-electron chi connectivity index (χ4n) is 3.21. The number of hydrogen-bond donors (Lipinski definition) is 1. The van der Waals surface area contributed by atoms with Gasteiger partial charge >= 0.3 is 0 Å². The highest BCUT2D eigenvalue weighted by Crippen LogP contribution is 2.23. The fraction of sp³-hybridized carbons (Fsp3) is 0.444. The normalized spacial score (nSPS) is 17.8. The molecule has 24 heavy (non-hydrogen) atoms. The minimum Gasteiger partial charge on any atom is -0.390 e. The van der Waals surface area contributed by atoms with Gasteiger partial charge in [-0.05, 0) is 56.3 Å². The lowest BCUT2D eigenvalue weighted by molar-refractivity contribution is 0.0668. The molecular weight excluding hydrogens is 326 g/mol. The lowest BCUT2D eigenvalue weighted by Crippen LogP contribution is -2.41. The summed E-state index contributed by atoms with van der Waals surface area (Å²) in [6.45, 7) is 2.78. The number of piperidine rings is 1. The SMILES string of the molecule is O=C(c1ccc(Cl)cc1)C1CCN(C[C@@H](O)Cn2cccn2)CC1. The topological polar surface area (TPSA) is 58.4 Å². The second kappa shape index (κ2) is 7.92. The van der Waals surface area contributed by atoms with Crippen molar-refractivity contribution in [2.45, 2.75) is 25.5 Å². The van der Waals surface area contributed by atoms with Crippen LogP contribution in [0.25, 0.3) is 0 Å². The van der Waals surface area contributed by atoms with Gasteiger partial charge < -0.3 is 10.0 Å². The van der Waals surface area contributed by atoms with Gasteiger partial charge in [-0.3, -0.25) is 9.48 Å². The van der Waals surface area contributed by atoms with Crippen LogP contribution >= 0.6 is 11.6 Å². The number of rotatable bonds is 6. The Labute approximate surface area is 146 Å². The van der Waals surface area contributed by atoms with Gasteiger partial charge in [-0.15, -0.1) is 0 Å². The Bertz CT molecular complexity index is 649. The third-order valence-electron chi connectivity index (χ3n) is 4.51. The summed E-state index contributed by atoms with van der Waals surface area (Å²) in [4.78, 5) is 14.8. The van der Waals surface area contributed by atoms with Crippen molar-refractivity contribution < 1.29 is 9.90 Å². The van der Waals surface area contributed by atoms with Crippen molar-refractivity contribution >= 4 is 17.4 Å². The average molecular weight is 348 g/mol. The number of aromatic nitrogens is 2. The van der Waals surface area contributed by atoms with E-state index >= 15 is 0 Å². The van der Waals surface area contributed by atoms with Crippen LogP contribution in [0.15, 0.2) is 42.7 Å². The van der Waals surface area contributed by atoms with Crippen molar-refractivity contribution in [3.63, 3.8) is 0 Å². The van der Waals surface area contributed by atoms with Gasteiger partial charge in [0, 0.05) is 35.4 Å². The molecule has 1 atom stereocenters. The molecule has 0 spiro atoms. The molecule has 6 heteroatoms. The van der Waals surface area contributed by atoms with Crippen molar-refractivity contribution in [3.8, 4) is 0 Å². The highest BCUT2D eigenvalue weighted by molar-refractivity contribution is 6.30. The number of aliphatic hydroxyl groups excluding tert-OH is 1. The van der Waals surface area contributed by atoms with Gasteiger partial charge in [0.25, 0.3) is 0 Å². The van der Waals surface area contributed by atoms with Gasteiger partial charge in [0.1, 0.15) is 0 Å². The number of benzene rings is 1. The van der Waals surface area contributed by atoms with E-state index in [0.717, 1.165) is 31.5 Å². The van der Waals surface area contributed by atoms with E-state index < -0.39 is 6.10 Å². The molecule has 1 aliphatic heterocycles. The lowest BCUT2D eigenvalue weighted by atomic mass is 9.89. The van der Waals surface area contributed by atoms with Crippen LogP contribution in [0.3, 0.4) is 0 Å². The standard InChI is InChI=1S/C18H22ClN3O2/c19-16-4-2-14(3-5-16)18(24)15-6-10-21(11-7-15)12-17(23)13-22-9-1-8-20-22/h1-5,8-9,15,17,23H,6-7,10-13H2/t17-/m1/s1. The van der Waals surface area contributed by atoms with Crippen LogP contribution in [0.5, 0.6) is 0 Å². The number of hydrogen-bond acceptors (Lipinski definition) is 4. The second-order valence-electron chi connectivity index (χ2n) is 6.33. The smallest absolute Gasteiger partial charge is 0.166 e. The molecule has 1 N–H and O–H groups in total. The number of β-amino-alcohol motifs (C(OH)–C–C–N with tert-alkyl or cyclic N) is 1. The molecule has 1 saturated heterocycles.